The highest BCUT2D eigenvalue weighted by Crippen LogP contribution is 2.28. The zero-order valence-corrected chi connectivity index (χ0v) is 9.91. The van der Waals surface area contributed by atoms with Crippen molar-refractivity contribution in [3.8, 4) is 0 Å². The van der Waals surface area contributed by atoms with Gasteiger partial charge < -0.3 is 5.11 Å². The van der Waals surface area contributed by atoms with Gasteiger partial charge >= 0.3 is 5.97 Å². The number of hydrogen-bond donors (Lipinski definition) is 2. The Balaban J connectivity index is 2.47. The molecule has 2 N–H and O–H groups in total. The summed E-state index contributed by atoms with van der Waals surface area (Å²) < 4.78 is 0.920. The van der Waals surface area contributed by atoms with Crippen LogP contribution in [0.1, 0.15) is 24.1 Å². The number of halogens is 1. The Morgan fingerprint density at radius 1 is 1.60 bits per heavy atom. The van der Waals surface area contributed by atoms with E-state index in [1.165, 1.54) is 0 Å². The Hall–Kier alpha value is -0.870. The average Bonchev–Trinajstić information content (AvgIpc) is 2.17. The lowest BCUT2D eigenvalue weighted by Crippen LogP contribution is -2.41. The molecule has 0 saturated heterocycles. The van der Waals surface area contributed by atoms with Crippen LogP contribution in [0.15, 0.2) is 22.7 Å². The number of carbonyl (C=O) groups is 1. The number of hydrogen-bond acceptors (Lipinski definition) is 2. The van der Waals surface area contributed by atoms with E-state index in [4.69, 9.17) is 5.11 Å². The van der Waals surface area contributed by atoms with Gasteiger partial charge in [-0.3, -0.25) is 10.1 Å². The lowest BCUT2D eigenvalue weighted by atomic mass is 9.91. The highest BCUT2D eigenvalue weighted by Gasteiger charge is 2.28. The second kappa shape index (κ2) is 3.94. The second-order valence-corrected chi connectivity index (χ2v) is 4.80. The maximum atomic E-state index is 11.1. The van der Waals surface area contributed by atoms with Gasteiger partial charge in [0.1, 0.15) is 6.04 Å². The Morgan fingerprint density at radius 3 is 3.00 bits per heavy atom. The van der Waals surface area contributed by atoms with Crippen LogP contribution < -0.4 is 5.32 Å². The Kier molecular flexibility index (Phi) is 2.80. The molecular weight excluding hydrogens is 258 g/mol. The van der Waals surface area contributed by atoms with Crippen molar-refractivity contribution in [3.63, 3.8) is 0 Å². The van der Waals surface area contributed by atoms with Crippen LogP contribution in [0.3, 0.4) is 0 Å². The summed E-state index contributed by atoms with van der Waals surface area (Å²) in [6, 6.07) is 5.45. The first-order valence-electron chi connectivity index (χ1n) is 4.85. The minimum absolute atomic E-state index is 0.208. The lowest BCUT2D eigenvalue weighted by molar-refractivity contribution is -0.140. The number of benzene rings is 1. The lowest BCUT2D eigenvalue weighted by Gasteiger charge is -2.28. The van der Waals surface area contributed by atoms with Crippen LogP contribution in [0.4, 0.5) is 0 Å². The molecule has 0 radical (unpaired) electrons. The van der Waals surface area contributed by atoms with E-state index in [1.807, 2.05) is 25.1 Å². The first-order valence-corrected chi connectivity index (χ1v) is 5.64. The predicted molar refractivity (Wildman–Crippen MR) is 60.8 cm³/mol. The van der Waals surface area contributed by atoms with E-state index in [-0.39, 0.29) is 6.04 Å². The first-order chi connectivity index (χ1) is 7.08. The van der Waals surface area contributed by atoms with Gasteiger partial charge in [0.2, 0.25) is 0 Å². The molecule has 0 saturated carbocycles. The van der Waals surface area contributed by atoms with E-state index >= 15 is 0 Å². The fraction of sp³-hybridized carbons (Fsp3) is 0.364. The number of nitrogens with one attached hydrogen (secondary N) is 1. The third-order valence-electron chi connectivity index (χ3n) is 2.64. The molecule has 0 aliphatic carbocycles. The van der Waals surface area contributed by atoms with Crippen LogP contribution in [0, 0.1) is 0 Å². The SMILES string of the molecule is CC1Cc2ccc(Br)cc2C(C(=O)O)N1. The van der Waals surface area contributed by atoms with Crippen molar-refractivity contribution in [2.75, 3.05) is 0 Å². The van der Waals surface area contributed by atoms with Gasteiger partial charge in [0.25, 0.3) is 0 Å². The molecule has 0 fully saturated rings. The molecule has 1 aromatic carbocycles. The van der Waals surface area contributed by atoms with Gasteiger partial charge in [-0.1, -0.05) is 22.0 Å². The molecule has 4 heteroatoms. The standard InChI is InChI=1S/C11H12BrNO2/c1-6-4-7-2-3-8(12)5-9(7)10(13-6)11(14)15/h2-3,5-6,10,13H,4H2,1H3,(H,14,15). The first kappa shape index (κ1) is 10.6. The smallest absolute Gasteiger partial charge is 0.325 e. The fourth-order valence-electron chi connectivity index (χ4n) is 1.99. The van der Waals surface area contributed by atoms with Gasteiger partial charge in [-0.15, -0.1) is 0 Å². The van der Waals surface area contributed by atoms with Gasteiger partial charge in [0.15, 0.2) is 0 Å². The van der Waals surface area contributed by atoms with Crippen LogP contribution in [-0.2, 0) is 11.2 Å². The van der Waals surface area contributed by atoms with Gasteiger partial charge in [-0.05, 0) is 36.6 Å². The zero-order chi connectivity index (χ0) is 11.0. The zero-order valence-electron chi connectivity index (χ0n) is 8.33. The third kappa shape index (κ3) is 2.06. The van der Waals surface area contributed by atoms with Crippen molar-refractivity contribution >= 4 is 21.9 Å². The predicted octanol–water partition coefficient (Wildman–Crippen LogP) is 2.11. The highest BCUT2D eigenvalue weighted by molar-refractivity contribution is 9.10. The molecular formula is C11H12BrNO2. The molecule has 15 heavy (non-hydrogen) atoms. The third-order valence-corrected chi connectivity index (χ3v) is 3.14. The van der Waals surface area contributed by atoms with E-state index in [0.29, 0.717) is 0 Å². The van der Waals surface area contributed by atoms with Crippen molar-refractivity contribution < 1.29 is 9.90 Å². The van der Waals surface area contributed by atoms with Crippen LogP contribution in [-0.4, -0.2) is 17.1 Å². The van der Waals surface area contributed by atoms with Crippen molar-refractivity contribution in [3.05, 3.63) is 33.8 Å². The van der Waals surface area contributed by atoms with Gasteiger partial charge in [-0.25, -0.2) is 0 Å². The number of carboxylic acid groups (broad SMARTS) is 1. The number of rotatable bonds is 1. The number of carboxylic acids is 1. The Labute approximate surface area is 96.6 Å². The number of aliphatic carboxylic acids is 1. The molecule has 1 aromatic rings. The van der Waals surface area contributed by atoms with E-state index in [0.717, 1.165) is 22.0 Å². The van der Waals surface area contributed by atoms with Crippen molar-refractivity contribution in [1.82, 2.24) is 5.32 Å². The molecule has 2 rings (SSSR count). The van der Waals surface area contributed by atoms with Crippen LogP contribution in [0.2, 0.25) is 0 Å². The van der Waals surface area contributed by atoms with Gasteiger partial charge in [0, 0.05) is 10.5 Å². The summed E-state index contributed by atoms with van der Waals surface area (Å²) >= 11 is 3.36. The summed E-state index contributed by atoms with van der Waals surface area (Å²) in [6.45, 7) is 2.00. The molecule has 3 nitrogen and oxygen atoms in total. The Bertz CT molecular complexity index is 406. The highest BCUT2D eigenvalue weighted by atomic mass is 79.9. The normalized spacial score (nSPS) is 24.7. The van der Waals surface area contributed by atoms with Crippen molar-refractivity contribution in [1.29, 1.82) is 0 Å². The molecule has 0 spiro atoms. The van der Waals surface area contributed by atoms with Crippen molar-refractivity contribution in [2.45, 2.75) is 25.4 Å². The largest absolute Gasteiger partial charge is 0.480 e. The molecule has 80 valence electrons. The molecule has 1 aliphatic heterocycles. The minimum Gasteiger partial charge on any atom is -0.480 e. The van der Waals surface area contributed by atoms with E-state index in [9.17, 15) is 4.79 Å². The summed E-state index contributed by atoms with van der Waals surface area (Å²) in [6.07, 6.45) is 0.881. The van der Waals surface area contributed by atoms with Crippen LogP contribution >= 0.6 is 15.9 Å². The van der Waals surface area contributed by atoms with Gasteiger partial charge in [0.05, 0.1) is 0 Å². The molecule has 1 heterocycles. The summed E-state index contributed by atoms with van der Waals surface area (Å²) in [5, 5.41) is 12.2. The Morgan fingerprint density at radius 2 is 2.33 bits per heavy atom. The summed E-state index contributed by atoms with van der Waals surface area (Å²) in [5.74, 6) is -0.819. The molecule has 2 unspecified atom stereocenters. The molecule has 0 bridgehead atoms. The van der Waals surface area contributed by atoms with E-state index in [2.05, 4.69) is 21.2 Å². The quantitative estimate of drug-likeness (QED) is 0.821. The summed E-state index contributed by atoms with van der Waals surface area (Å²) in [4.78, 5) is 11.1. The van der Waals surface area contributed by atoms with E-state index in [1.54, 1.807) is 0 Å². The summed E-state index contributed by atoms with van der Waals surface area (Å²) in [5.41, 5.74) is 1.99. The van der Waals surface area contributed by atoms with E-state index < -0.39 is 12.0 Å². The second-order valence-electron chi connectivity index (χ2n) is 3.89. The molecule has 0 aromatic heterocycles. The maximum absolute atomic E-state index is 11.1. The van der Waals surface area contributed by atoms with Gasteiger partial charge in [-0.2, -0.15) is 0 Å². The maximum Gasteiger partial charge on any atom is 0.325 e. The average molecular weight is 270 g/mol. The summed E-state index contributed by atoms with van der Waals surface area (Å²) in [7, 11) is 0. The molecule has 0 amide bonds. The monoisotopic (exact) mass is 269 g/mol. The molecule has 1 aliphatic rings. The van der Waals surface area contributed by atoms with Crippen LogP contribution in [0.25, 0.3) is 0 Å². The fourth-order valence-corrected chi connectivity index (χ4v) is 2.37. The van der Waals surface area contributed by atoms with Crippen LogP contribution in [0.5, 0.6) is 0 Å². The molecule has 2 atom stereocenters. The minimum atomic E-state index is -0.819. The topological polar surface area (TPSA) is 49.3 Å². The number of fused-ring (bicyclic) bond motifs is 1. The van der Waals surface area contributed by atoms with Crippen molar-refractivity contribution in [2.24, 2.45) is 0 Å².